The van der Waals surface area contributed by atoms with E-state index in [1.807, 2.05) is 13.0 Å². The van der Waals surface area contributed by atoms with E-state index in [9.17, 15) is 19.2 Å². The lowest BCUT2D eigenvalue weighted by molar-refractivity contribution is -0.125. The van der Waals surface area contributed by atoms with Crippen LogP contribution in [-0.4, -0.2) is 49.4 Å². The molecular formula is C18H24N2O4. The van der Waals surface area contributed by atoms with Crippen LogP contribution in [0.3, 0.4) is 0 Å². The van der Waals surface area contributed by atoms with Crippen molar-refractivity contribution in [2.75, 3.05) is 14.1 Å². The summed E-state index contributed by atoms with van der Waals surface area (Å²) in [6, 6.07) is 4.39. The van der Waals surface area contributed by atoms with E-state index < -0.39 is 11.9 Å². The Morgan fingerprint density at radius 1 is 1.29 bits per heavy atom. The summed E-state index contributed by atoms with van der Waals surface area (Å²) in [7, 11) is 2.99. The van der Waals surface area contributed by atoms with Gasteiger partial charge in [0, 0.05) is 26.1 Å². The van der Waals surface area contributed by atoms with Crippen molar-refractivity contribution in [3.63, 3.8) is 0 Å². The van der Waals surface area contributed by atoms with Crippen LogP contribution in [-0.2, 0) is 16.0 Å². The van der Waals surface area contributed by atoms with Gasteiger partial charge in [0.05, 0.1) is 5.56 Å². The first-order valence-electron chi connectivity index (χ1n) is 8.00. The summed E-state index contributed by atoms with van der Waals surface area (Å²) in [5, 5.41) is 2.50. The van der Waals surface area contributed by atoms with E-state index in [1.54, 1.807) is 12.1 Å². The van der Waals surface area contributed by atoms with Crippen LogP contribution in [0.5, 0.6) is 0 Å². The standard InChI is InChI=1S/C18H24N2O4/c1-4-6-13-8-9-14(12-22)15(11-13)18(24)20(3)16(7-5-10-21)17(23)19-2/h8-12,16H,4-7H2,1-3H3,(H,19,23). The molecular weight excluding hydrogens is 308 g/mol. The SMILES string of the molecule is CCCc1ccc(C=O)c(C(=O)N(C)C(CCC=O)C(=O)NC)c1. The smallest absolute Gasteiger partial charge is 0.255 e. The van der Waals surface area contributed by atoms with Gasteiger partial charge in [-0.3, -0.25) is 14.4 Å². The molecule has 24 heavy (non-hydrogen) atoms. The highest BCUT2D eigenvalue weighted by Gasteiger charge is 2.27. The third-order valence-corrected chi connectivity index (χ3v) is 3.91. The second-order valence-corrected chi connectivity index (χ2v) is 5.58. The number of nitrogens with zero attached hydrogens (tertiary/aromatic N) is 1. The van der Waals surface area contributed by atoms with E-state index in [-0.39, 0.29) is 29.9 Å². The van der Waals surface area contributed by atoms with E-state index in [1.165, 1.54) is 19.0 Å². The van der Waals surface area contributed by atoms with Crippen molar-refractivity contribution in [3.8, 4) is 0 Å². The van der Waals surface area contributed by atoms with Gasteiger partial charge < -0.3 is 15.0 Å². The molecule has 0 saturated carbocycles. The summed E-state index contributed by atoms with van der Waals surface area (Å²) in [5.74, 6) is -0.750. The van der Waals surface area contributed by atoms with Crippen molar-refractivity contribution in [2.24, 2.45) is 0 Å². The first kappa shape index (κ1) is 19.5. The normalized spacial score (nSPS) is 11.5. The zero-order chi connectivity index (χ0) is 18.1. The molecule has 0 spiro atoms. The lowest BCUT2D eigenvalue weighted by Crippen LogP contribution is -2.47. The lowest BCUT2D eigenvalue weighted by Gasteiger charge is -2.27. The largest absolute Gasteiger partial charge is 0.357 e. The van der Waals surface area contributed by atoms with Crippen molar-refractivity contribution in [1.29, 1.82) is 0 Å². The molecule has 0 bridgehead atoms. The fraction of sp³-hybridized carbons (Fsp3) is 0.444. The van der Waals surface area contributed by atoms with E-state index in [0.717, 1.165) is 18.4 Å². The van der Waals surface area contributed by atoms with Gasteiger partial charge in [0.2, 0.25) is 5.91 Å². The molecule has 0 radical (unpaired) electrons. The summed E-state index contributed by atoms with van der Waals surface area (Å²) in [6.07, 6.45) is 3.48. The number of carbonyl (C=O) groups excluding carboxylic acids is 4. The topological polar surface area (TPSA) is 83.6 Å². The van der Waals surface area contributed by atoms with Crippen LogP contribution >= 0.6 is 0 Å². The van der Waals surface area contributed by atoms with Gasteiger partial charge in [0.25, 0.3) is 5.91 Å². The van der Waals surface area contributed by atoms with Crippen LogP contribution < -0.4 is 5.32 Å². The maximum Gasteiger partial charge on any atom is 0.255 e. The van der Waals surface area contributed by atoms with Crippen LogP contribution in [0.2, 0.25) is 0 Å². The predicted octanol–water partition coefficient (Wildman–Crippen LogP) is 1.62. The molecule has 1 unspecified atom stereocenters. The van der Waals surface area contributed by atoms with Gasteiger partial charge in [-0.2, -0.15) is 0 Å². The average molecular weight is 332 g/mol. The van der Waals surface area contributed by atoms with Crippen LogP contribution in [0.15, 0.2) is 18.2 Å². The molecule has 0 aliphatic carbocycles. The number of benzene rings is 1. The average Bonchev–Trinajstić information content (AvgIpc) is 2.61. The summed E-state index contributed by atoms with van der Waals surface area (Å²) in [5.41, 5.74) is 1.53. The first-order chi connectivity index (χ1) is 11.5. The zero-order valence-corrected chi connectivity index (χ0v) is 14.4. The molecule has 0 aliphatic heterocycles. The summed E-state index contributed by atoms with van der Waals surface area (Å²) >= 11 is 0. The molecule has 1 rings (SSSR count). The quantitative estimate of drug-likeness (QED) is 0.697. The Labute approximate surface area is 142 Å². The lowest BCUT2D eigenvalue weighted by atomic mass is 10.00. The minimum atomic E-state index is -0.762. The summed E-state index contributed by atoms with van der Waals surface area (Å²) in [4.78, 5) is 48.0. The van der Waals surface area contributed by atoms with Crippen molar-refractivity contribution in [1.82, 2.24) is 10.2 Å². The molecule has 0 saturated heterocycles. The number of aryl methyl sites for hydroxylation is 1. The number of carbonyl (C=O) groups is 4. The Morgan fingerprint density at radius 2 is 2.00 bits per heavy atom. The number of rotatable bonds is 9. The Hall–Kier alpha value is -2.50. The summed E-state index contributed by atoms with van der Waals surface area (Å²) in [6.45, 7) is 2.03. The van der Waals surface area contributed by atoms with Gasteiger partial charge in [-0.25, -0.2) is 0 Å². The maximum atomic E-state index is 12.8. The number of likely N-dealkylation sites (N-methyl/N-ethyl adjacent to an activating group) is 2. The molecule has 0 aromatic heterocycles. The Balaban J connectivity index is 3.16. The molecule has 1 aromatic carbocycles. The van der Waals surface area contributed by atoms with Crippen molar-refractivity contribution < 1.29 is 19.2 Å². The third-order valence-electron chi connectivity index (χ3n) is 3.91. The number of amides is 2. The van der Waals surface area contributed by atoms with Crippen LogP contribution in [0.4, 0.5) is 0 Å². The Kier molecular flexibility index (Phi) is 7.82. The Morgan fingerprint density at radius 3 is 2.54 bits per heavy atom. The van der Waals surface area contributed by atoms with Crippen molar-refractivity contribution in [2.45, 2.75) is 38.6 Å². The highest BCUT2D eigenvalue weighted by molar-refractivity contribution is 6.03. The van der Waals surface area contributed by atoms with Gasteiger partial charge in [0.1, 0.15) is 12.3 Å². The number of hydrogen-bond donors (Lipinski definition) is 1. The maximum absolute atomic E-state index is 12.8. The number of hydrogen-bond acceptors (Lipinski definition) is 4. The van der Waals surface area contributed by atoms with Gasteiger partial charge in [0.15, 0.2) is 6.29 Å². The van der Waals surface area contributed by atoms with E-state index in [2.05, 4.69) is 5.32 Å². The number of aldehydes is 2. The summed E-state index contributed by atoms with van der Waals surface area (Å²) < 4.78 is 0. The number of nitrogens with one attached hydrogen (secondary N) is 1. The Bertz CT molecular complexity index is 613. The van der Waals surface area contributed by atoms with Crippen LogP contribution in [0.25, 0.3) is 0 Å². The monoisotopic (exact) mass is 332 g/mol. The van der Waals surface area contributed by atoms with Gasteiger partial charge in [-0.1, -0.05) is 25.5 Å². The molecule has 6 nitrogen and oxygen atoms in total. The molecule has 6 heteroatoms. The zero-order valence-electron chi connectivity index (χ0n) is 14.4. The molecule has 0 aliphatic rings. The molecule has 1 N–H and O–H groups in total. The molecule has 0 fully saturated rings. The van der Waals surface area contributed by atoms with E-state index in [0.29, 0.717) is 12.6 Å². The van der Waals surface area contributed by atoms with E-state index >= 15 is 0 Å². The molecule has 2 amide bonds. The van der Waals surface area contributed by atoms with Gasteiger partial charge in [-0.15, -0.1) is 0 Å². The fourth-order valence-electron chi connectivity index (χ4n) is 2.56. The second kappa shape index (κ2) is 9.60. The van der Waals surface area contributed by atoms with Crippen LogP contribution in [0, 0.1) is 0 Å². The van der Waals surface area contributed by atoms with Crippen molar-refractivity contribution >= 4 is 24.4 Å². The second-order valence-electron chi connectivity index (χ2n) is 5.58. The van der Waals surface area contributed by atoms with Crippen LogP contribution in [0.1, 0.15) is 52.5 Å². The fourth-order valence-corrected chi connectivity index (χ4v) is 2.56. The first-order valence-corrected chi connectivity index (χ1v) is 8.00. The molecule has 130 valence electrons. The van der Waals surface area contributed by atoms with Gasteiger partial charge >= 0.3 is 0 Å². The van der Waals surface area contributed by atoms with Crippen molar-refractivity contribution in [3.05, 3.63) is 34.9 Å². The molecule has 1 atom stereocenters. The highest BCUT2D eigenvalue weighted by atomic mass is 16.2. The predicted molar refractivity (Wildman–Crippen MR) is 91.1 cm³/mol. The third kappa shape index (κ3) is 4.75. The molecule has 1 aromatic rings. The minimum Gasteiger partial charge on any atom is -0.357 e. The molecule has 0 heterocycles. The van der Waals surface area contributed by atoms with E-state index in [4.69, 9.17) is 0 Å². The highest BCUT2D eigenvalue weighted by Crippen LogP contribution is 2.17. The minimum absolute atomic E-state index is 0.173. The van der Waals surface area contributed by atoms with Gasteiger partial charge in [-0.05, 0) is 24.5 Å².